The highest BCUT2D eigenvalue weighted by atomic mass is 79.9. The third kappa shape index (κ3) is 5.21. The Morgan fingerprint density at radius 3 is 2.12 bits per heavy atom. The molecule has 0 unspecified atom stereocenters. The van der Waals surface area contributed by atoms with Crippen molar-refractivity contribution in [1.82, 2.24) is 0 Å². The summed E-state index contributed by atoms with van der Waals surface area (Å²) in [6.45, 7) is 2.29. The highest BCUT2D eigenvalue weighted by molar-refractivity contribution is 9.09. The number of hydrogen-bond donors (Lipinski definition) is 0. The lowest BCUT2D eigenvalue weighted by Crippen LogP contribution is -2.25. The van der Waals surface area contributed by atoms with Crippen LogP contribution in [-0.4, -0.2) is 5.33 Å². The Morgan fingerprint density at radius 2 is 1.50 bits per heavy atom. The number of alkyl halides is 1. The lowest BCUT2D eigenvalue weighted by Gasteiger charge is -2.36. The van der Waals surface area contributed by atoms with Crippen molar-refractivity contribution in [2.24, 2.45) is 5.41 Å². The molecule has 1 aliphatic carbocycles. The maximum absolute atomic E-state index is 3.76. The van der Waals surface area contributed by atoms with Crippen LogP contribution in [0.3, 0.4) is 0 Å². The van der Waals surface area contributed by atoms with Gasteiger partial charge in [-0.2, -0.15) is 0 Å². The van der Waals surface area contributed by atoms with E-state index in [0.29, 0.717) is 5.41 Å². The van der Waals surface area contributed by atoms with E-state index < -0.39 is 0 Å². The zero-order valence-electron chi connectivity index (χ0n) is 11.1. The molecule has 0 aromatic carbocycles. The van der Waals surface area contributed by atoms with Gasteiger partial charge in [-0.15, -0.1) is 0 Å². The standard InChI is InChI=1S/C15H29Br/c1-2-3-4-5-6-8-11-15(14-16)12-9-7-10-13-15/h2-14H2,1H3. The van der Waals surface area contributed by atoms with Crippen molar-refractivity contribution in [3.8, 4) is 0 Å². The van der Waals surface area contributed by atoms with E-state index in [-0.39, 0.29) is 0 Å². The van der Waals surface area contributed by atoms with Crippen LogP contribution in [0.1, 0.15) is 84.0 Å². The van der Waals surface area contributed by atoms with E-state index in [1.54, 1.807) is 0 Å². The van der Waals surface area contributed by atoms with E-state index in [0.717, 1.165) is 0 Å². The number of halogens is 1. The minimum Gasteiger partial charge on any atom is -0.0922 e. The van der Waals surface area contributed by atoms with Crippen molar-refractivity contribution in [2.45, 2.75) is 84.0 Å². The van der Waals surface area contributed by atoms with Gasteiger partial charge in [0.2, 0.25) is 0 Å². The fourth-order valence-corrected chi connectivity index (χ4v) is 3.87. The van der Waals surface area contributed by atoms with Crippen LogP contribution in [0, 0.1) is 5.41 Å². The summed E-state index contributed by atoms with van der Waals surface area (Å²) in [7, 11) is 0. The minimum absolute atomic E-state index is 0.684. The van der Waals surface area contributed by atoms with Crippen molar-refractivity contribution in [2.75, 3.05) is 5.33 Å². The first-order valence-corrected chi connectivity index (χ1v) is 8.51. The molecule has 1 aliphatic rings. The molecular weight excluding hydrogens is 260 g/mol. The quantitative estimate of drug-likeness (QED) is 0.375. The zero-order valence-corrected chi connectivity index (χ0v) is 12.7. The van der Waals surface area contributed by atoms with Gasteiger partial charge < -0.3 is 0 Å². The molecule has 0 atom stereocenters. The molecule has 0 aromatic heterocycles. The van der Waals surface area contributed by atoms with Gasteiger partial charge in [0, 0.05) is 5.33 Å². The van der Waals surface area contributed by atoms with Crippen molar-refractivity contribution in [3.05, 3.63) is 0 Å². The Balaban J connectivity index is 2.08. The predicted molar refractivity (Wildman–Crippen MR) is 77.3 cm³/mol. The Labute approximate surface area is 111 Å². The molecule has 1 rings (SSSR count). The van der Waals surface area contributed by atoms with E-state index >= 15 is 0 Å². The summed E-state index contributed by atoms with van der Waals surface area (Å²) < 4.78 is 0. The number of rotatable bonds is 8. The van der Waals surface area contributed by atoms with Crippen molar-refractivity contribution in [3.63, 3.8) is 0 Å². The molecule has 0 amide bonds. The Kier molecular flexibility index (Phi) is 7.77. The Morgan fingerprint density at radius 1 is 0.875 bits per heavy atom. The fourth-order valence-electron chi connectivity index (χ4n) is 3.03. The largest absolute Gasteiger partial charge is 0.0922 e. The predicted octanol–water partition coefficient (Wildman–Crippen LogP) is 6.08. The smallest absolute Gasteiger partial charge is 0.00879 e. The van der Waals surface area contributed by atoms with Gasteiger partial charge in [0.15, 0.2) is 0 Å². The number of hydrogen-bond acceptors (Lipinski definition) is 0. The maximum atomic E-state index is 3.76. The monoisotopic (exact) mass is 288 g/mol. The first kappa shape index (κ1) is 14.5. The first-order chi connectivity index (χ1) is 7.83. The summed E-state index contributed by atoms with van der Waals surface area (Å²) in [5, 5.41) is 1.25. The van der Waals surface area contributed by atoms with Crippen LogP contribution >= 0.6 is 15.9 Å². The van der Waals surface area contributed by atoms with Gasteiger partial charge in [-0.05, 0) is 24.7 Å². The third-order valence-electron chi connectivity index (χ3n) is 4.26. The molecule has 1 fully saturated rings. The second-order valence-electron chi connectivity index (χ2n) is 5.71. The van der Waals surface area contributed by atoms with Gasteiger partial charge in [0.1, 0.15) is 0 Å². The second-order valence-corrected chi connectivity index (χ2v) is 6.27. The molecule has 16 heavy (non-hydrogen) atoms. The van der Waals surface area contributed by atoms with Crippen LogP contribution in [0.4, 0.5) is 0 Å². The summed E-state index contributed by atoms with van der Waals surface area (Å²) >= 11 is 3.76. The molecule has 0 aromatic rings. The zero-order chi connectivity index (χ0) is 11.7. The molecule has 96 valence electrons. The van der Waals surface area contributed by atoms with Crippen LogP contribution in [0.2, 0.25) is 0 Å². The molecular formula is C15H29Br. The summed E-state index contributed by atoms with van der Waals surface area (Å²) in [5.41, 5.74) is 0.684. The average molecular weight is 289 g/mol. The molecule has 0 N–H and O–H groups in total. The molecule has 1 heteroatoms. The van der Waals surface area contributed by atoms with Crippen molar-refractivity contribution in [1.29, 1.82) is 0 Å². The first-order valence-electron chi connectivity index (χ1n) is 7.39. The molecule has 0 bridgehead atoms. The van der Waals surface area contributed by atoms with Gasteiger partial charge in [-0.3, -0.25) is 0 Å². The third-order valence-corrected chi connectivity index (χ3v) is 5.45. The van der Waals surface area contributed by atoms with Crippen LogP contribution in [0.5, 0.6) is 0 Å². The van der Waals surface area contributed by atoms with Gasteiger partial charge >= 0.3 is 0 Å². The van der Waals surface area contributed by atoms with Crippen LogP contribution in [0.15, 0.2) is 0 Å². The summed E-state index contributed by atoms with van der Waals surface area (Å²) in [5.74, 6) is 0. The molecule has 0 heterocycles. The maximum Gasteiger partial charge on any atom is 0.00879 e. The van der Waals surface area contributed by atoms with Gasteiger partial charge in [-0.25, -0.2) is 0 Å². The van der Waals surface area contributed by atoms with E-state index in [1.807, 2.05) is 0 Å². The van der Waals surface area contributed by atoms with E-state index in [4.69, 9.17) is 0 Å². The molecule has 0 aliphatic heterocycles. The molecule has 1 saturated carbocycles. The second kappa shape index (κ2) is 8.55. The molecule has 0 spiro atoms. The highest BCUT2D eigenvalue weighted by Gasteiger charge is 2.29. The van der Waals surface area contributed by atoms with Gasteiger partial charge in [0.25, 0.3) is 0 Å². The SMILES string of the molecule is CCCCCCCCC1(CBr)CCCCC1. The van der Waals surface area contributed by atoms with Crippen molar-refractivity contribution >= 4 is 15.9 Å². The normalized spacial score (nSPS) is 19.9. The van der Waals surface area contributed by atoms with Crippen LogP contribution in [0.25, 0.3) is 0 Å². The van der Waals surface area contributed by atoms with Gasteiger partial charge in [-0.1, -0.05) is 80.6 Å². The topological polar surface area (TPSA) is 0 Å². The summed E-state index contributed by atoms with van der Waals surface area (Å²) in [6, 6.07) is 0. The van der Waals surface area contributed by atoms with Crippen molar-refractivity contribution < 1.29 is 0 Å². The van der Waals surface area contributed by atoms with E-state index in [2.05, 4.69) is 22.9 Å². The molecule has 0 nitrogen and oxygen atoms in total. The van der Waals surface area contributed by atoms with Gasteiger partial charge in [0.05, 0.1) is 0 Å². The lowest BCUT2D eigenvalue weighted by atomic mass is 9.72. The van der Waals surface area contributed by atoms with Crippen LogP contribution in [-0.2, 0) is 0 Å². The van der Waals surface area contributed by atoms with E-state index in [1.165, 1.54) is 82.4 Å². The molecule has 0 radical (unpaired) electrons. The number of unbranched alkanes of at least 4 members (excludes halogenated alkanes) is 5. The van der Waals surface area contributed by atoms with Crippen LogP contribution < -0.4 is 0 Å². The van der Waals surface area contributed by atoms with E-state index in [9.17, 15) is 0 Å². The minimum atomic E-state index is 0.684. The summed E-state index contributed by atoms with van der Waals surface area (Å²) in [4.78, 5) is 0. The Hall–Kier alpha value is 0.480. The molecule has 0 saturated heterocycles. The Bertz CT molecular complexity index is 159. The highest BCUT2D eigenvalue weighted by Crippen LogP contribution is 2.42. The fraction of sp³-hybridized carbons (Fsp3) is 1.00. The summed E-state index contributed by atoms with van der Waals surface area (Å²) in [6.07, 6.45) is 17.5. The average Bonchev–Trinajstić information content (AvgIpc) is 2.35. The lowest BCUT2D eigenvalue weighted by molar-refractivity contribution is 0.200.